The zero-order chi connectivity index (χ0) is 19.6. The van der Waals surface area contributed by atoms with Gasteiger partial charge in [-0.2, -0.15) is 22.8 Å². The van der Waals surface area contributed by atoms with E-state index >= 15 is 0 Å². The molecule has 0 radical (unpaired) electrons. The second-order valence-corrected chi connectivity index (χ2v) is 6.24. The minimum atomic E-state index is -4.40. The van der Waals surface area contributed by atoms with Crippen LogP contribution in [0.4, 0.5) is 19.0 Å². The highest BCUT2D eigenvalue weighted by Crippen LogP contribution is 2.33. The maximum atomic E-state index is 13.0. The summed E-state index contributed by atoms with van der Waals surface area (Å²) in [5.41, 5.74) is 1.86. The van der Waals surface area contributed by atoms with E-state index in [1.54, 1.807) is 29.0 Å². The second-order valence-electron chi connectivity index (χ2n) is 6.24. The minimum Gasteiger partial charge on any atom is -0.370 e. The van der Waals surface area contributed by atoms with Crippen LogP contribution in [0.3, 0.4) is 0 Å². The minimum absolute atomic E-state index is 0.421. The number of benzene rings is 1. The average Bonchev–Trinajstić information content (AvgIpc) is 3.13. The quantitative estimate of drug-likeness (QED) is 0.553. The van der Waals surface area contributed by atoms with Gasteiger partial charge < -0.3 is 5.32 Å². The zero-order valence-electron chi connectivity index (χ0n) is 14.7. The normalized spacial score (nSPS) is 11.7. The molecule has 0 atom stereocenters. The molecule has 4 rings (SSSR count). The molecule has 142 valence electrons. The summed E-state index contributed by atoms with van der Waals surface area (Å²) in [5, 5.41) is 7.60. The molecule has 8 heteroatoms. The van der Waals surface area contributed by atoms with E-state index in [0.29, 0.717) is 29.1 Å². The van der Waals surface area contributed by atoms with Crippen molar-refractivity contribution in [2.24, 2.45) is 0 Å². The van der Waals surface area contributed by atoms with Crippen LogP contribution >= 0.6 is 0 Å². The van der Waals surface area contributed by atoms with Crippen molar-refractivity contribution in [3.8, 4) is 11.1 Å². The van der Waals surface area contributed by atoms with E-state index in [2.05, 4.69) is 20.4 Å². The Balaban J connectivity index is 1.60. The average molecular weight is 383 g/mol. The molecular weight excluding hydrogens is 367 g/mol. The number of pyridine rings is 1. The highest BCUT2D eigenvalue weighted by molar-refractivity contribution is 5.78. The molecule has 0 fully saturated rings. The van der Waals surface area contributed by atoms with E-state index in [9.17, 15) is 13.2 Å². The highest BCUT2D eigenvalue weighted by atomic mass is 19.4. The van der Waals surface area contributed by atoms with Gasteiger partial charge in [-0.25, -0.2) is 4.98 Å². The van der Waals surface area contributed by atoms with E-state index < -0.39 is 11.7 Å². The van der Waals surface area contributed by atoms with Crippen molar-refractivity contribution in [1.29, 1.82) is 0 Å². The summed E-state index contributed by atoms with van der Waals surface area (Å²) in [6, 6.07) is 10.8. The molecule has 4 aromatic rings. The van der Waals surface area contributed by atoms with Gasteiger partial charge in [0.25, 0.3) is 0 Å². The molecule has 0 unspecified atom stereocenters. The number of aromatic nitrogens is 4. The van der Waals surface area contributed by atoms with Crippen molar-refractivity contribution in [3.05, 3.63) is 78.4 Å². The molecule has 1 aromatic carbocycles. The molecular formula is C20H16F3N5. The second kappa shape index (κ2) is 7.30. The van der Waals surface area contributed by atoms with Gasteiger partial charge in [-0.1, -0.05) is 18.2 Å². The largest absolute Gasteiger partial charge is 0.416 e. The molecule has 28 heavy (non-hydrogen) atoms. The predicted molar refractivity (Wildman–Crippen MR) is 99.9 cm³/mol. The lowest BCUT2D eigenvalue weighted by molar-refractivity contribution is -0.137. The first-order chi connectivity index (χ1) is 13.5. The lowest BCUT2D eigenvalue weighted by atomic mass is 10.1. The first-order valence-electron chi connectivity index (χ1n) is 8.65. The number of halogens is 3. The van der Waals surface area contributed by atoms with Crippen LogP contribution in [0.2, 0.25) is 0 Å². The molecule has 0 aliphatic rings. The Morgan fingerprint density at radius 2 is 1.89 bits per heavy atom. The van der Waals surface area contributed by atoms with E-state index in [4.69, 9.17) is 0 Å². The molecule has 0 spiro atoms. The van der Waals surface area contributed by atoms with Gasteiger partial charge in [0.2, 0.25) is 0 Å². The predicted octanol–water partition coefficient (Wildman–Crippen LogP) is 4.46. The summed E-state index contributed by atoms with van der Waals surface area (Å²) >= 11 is 0. The fourth-order valence-electron chi connectivity index (χ4n) is 2.97. The third-order valence-corrected chi connectivity index (χ3v) is 4.34. The Hall–Kier alpha value is -3.42. The topological polar surface area (TPSA) is 55.1 Å². The van der Waals surface area contributed by atoms with Gasteiger partial charge in [-0.15, -0.1) is 0 Å². The molecule has 0 saturated heterocycles. The fraction of sp³-hybridized carbons (Fsp3) is 0.150. The van der Waals surface area contributed by atoms with Crippen molar-refractivity contribution in [2.75, 3.05) is 11.9 Å². The molecule has 0 saturated carbocycles. The van der Waals surface area contributed by atoms with Crippen molar-refractivity contribution in [2.45, 2.75) is 12.6 Å². The van der Waals surface area contributed by atoms with Crippen LogP contribution in [0, 0.1) is 0 Å². The monoisotopic (exact) mass is 383 g/mol. The molecule has 0 amide bonds. The number of alkyl halides is 3. The highest BCUT2D eigenvalue weighted by Gasteiger charge is 2.30. The van der Waals surface area contributed by atoms with Gasteiger partial charge in [0.05, 0.1) is 11.8 Å². The smallest absolute Gasteiger partial charge is 0.370 e. The Bertz CT molecular complexity index is 1090. The van der Waals surface area contributed by atoms with E-state index in [-0.39, 0.29) is 0 Å². The summed E-state index contributed by atoms with van der Waals surface area (Å²) in [6.07, 6.45) is 3.06. The Labute approximate surface area is 158 Å². The van der Waals surface area contributed by atoms with Crippen LogP contribution in [0.15, 0.2) is 67.3 Å². The number of hydrogen-bond donors (Lipinski definition) is 1. The van der Waals surface area contributed by atoms with Gasteiger partial charge in [-0.3, -0.25) is 4.98 Å². The summed E-state index contributed by atoms with van der Waals surface area (Å²) in [6.45, 7) is 0.656. The van der Waals surface area contributed by atoms with E-state index in [0.717, 1.165) is 24.1 Å². The maximum absolute atomic E-state index is 13.0. The summed E-state index contributed by atoms with van der Waals surface area (Å²) in [7, 11) is 0. The molecule has 0 bridgehead atoms. The van der Waals surface area contributed by atoms with Crippen LogP contribution in [0.5, 0.6) is 0 Å². The Morgan fingerprint density at radius 3 is 2.68 bits per heavy atom. The zero-order valence-corrected chi connectivity index (χ0v) is 14.7. The number of fused-ring (bicyclic) bond motifs is 1. The Kier molecular flexibility index (Phi) is 4.68. The van der Waals surface area contributed by atoms with Crippen LogP contribution in [0.25, 0.3) is 16.8 Å². The van der Waals surface area contributed by atoms with Crippen LogP contribution in [-0.4, -0.2) is 26.1 Å². The number of nitrogens with zero attached hydrogens (tertiary/aromatic N) is 4. The Morgan fingerprint density at radius 1 is 1.00 bits per heavy atom. The van der Waals surface area contributed by atoms with Gasteiger partial charge >= 0.3 is 6.18 Å². The van der Waals surface area contributed by atoms with E-state index in [1.807, 2.05) is 18.3 Å². The lowest BCUT2D eigenvalue weighted by Crippen LogP contribution is -2.09. The summed E-state index contributed by atoms with van der Waals surface area (Å²) < 4.78 is 40.6. The standard InChI is InChI=1S/C20H16F3N5/c21-20(22,23)16-5-1-4-15(11-16)17-13-27-28-18(7-10-26-19(17)28)25-9-6-14-3-2-8-24-12-14/h1-5,7-8,10-13,25H,6,9H2. The van der Waals surface area contributed by atoms with Gasteiger partial charge in [0.15, 0.2) is 5.65 Å². The maximum Gasteiger partial charge on any atom is 0.416 e. The van der Waals surface area contributed by atoms with Gasteiger partial charge in [0.1, 0.15) is 5.82 Å². The summed E-state index contributed by atoms with van der Waals surface area (Å²) in [4.78, 5) is 8.39. The van der Waals surface area contributed by atoms with Crippen molar-refractivity contribution in [1.82, 2.24) is 19.6 Å². The number of nitrogens with one attached hydrogen (secondary N) is 1. The molecule has 3 aromatic heterocycles. The van der Waals surface area contributed by atoms with Crippen molar-refractivity contribution >= 4 is 11.5 Å². The molecule has 3 heterocycles. The number of hydrogen-bond acceptors (Lipinski definition) is 4. The van der Waals surface area contributed by atoms with Gasteiger partial charge in [-0.05, 0) is 41.8 Å². The number of rotatable bonds is 5. The first kappa shape index (κ1) is 18.0. The van der Waals surface area contributed by atoms with Gasteiger partial charge in [0, 0.05) is 30.7 Å². The van der Waals surface area contributed by atoms with Crippen LogP contribution in [0.1, 0.15) is 11.1 Å². The lowest BCUT2D eigenvalue weighted by Gasteiger charge is -2.09. The first-order valence-corrected chi connectivity index (χ1v) is 8.65. The fourth-order valence-corrected chi connectivity index (χ4v) is 2.97. The number of anilines is 1. The SMILES string of the molecule is FC(F)(F)c1cccc(-c2cnn3c(NCCc4cccnc4)ccnc23)c1. The van der Waals surface area contributed by atoms with Crippen molar-refractivity contribution < 1.29 is 13.2 Å². The van der Waals surface area contributed by atoms with Crippen molar-refractivity contribution in [3.63, 3.8) is 0 Å². The molecule has 0 aliphatic carbocycles. The molecule has 5 nitrogen and oxygen atoms in total. The third-order valence-electron chi connectivity index (χ3n) is 4.34. The van der Waals surface area contributed by atoms with Crippen LogP contribution in [-0.2, 0) is 12.6 Å². The molecule has 0 aliphatic heterocycles. The summed E-state index contributed by atoms with van der Waals surface area (Å²) in [5.74, 6) is 0.715. The van der Waals surface area contributed by atoms with E-state index in [1.165, 1.54) is 12.3 Å². The third kappa shape index (κ3) is 3.66. The van der Waals surface area contributed by atoms with Crippen LogP contribution < -0.4 is 5.32 Å². The molecule has 1 N–H and O–H groups in total.